The number of ether oxygens (including phenoxy) is 3. The van der Waals surface area contributed by atoms with Crippen LogP contribution >= 0.6 is 0 Å². The molecule has 11 heteroatoms. The number of aryl methyl sites for hydroxylation is 1. The average Bonchev–Trinajstić information content (AvgIpc) is 3.53. The molecule has 0 amide bonds. The Hall–Kier alpha value is -4.54. The third kappa shape index (κ3) is 6.36. The van der Waals surface area contributed by atoms with Crippen molar-refractivity contribution in [3.63, 3.8) is 0 Å². The molecule has 0 aliphatic heterocycles. The lowest BCUT2D eigenvalue weighted by Gasteiger charge is -2.11. The van der Waals surface area contributed by atoms with Crippen molar-refractivity contribution in [2.24, 2.45) is 10.1 Å². The summed E-state index contributed by atoms with van der Waals surface area (Å²) in [5.74, 6) is 2.70. The second-order valence-corrected chi connectivity index (χ2v) is 8.83. The van der Waals surface area contributed by atoms with E-state index < -0.39 is 11.7 Å². The predicted molar refractivity (Wildman–Crippen MR) is 147 cm³/mol. The number of alkyl halides is 3. The number of aromatic nitrogens is 2. The quantitative estimate of drug-likeness (QED) is 0.169. The maximum atomic E-state index is 12.9. The van der Waals surface area contributed by atoms with Crippen LogP contribution in [0.1, 0.15) is 37.7 Å². The highest BCUT2D eigenvalue weighted by Gasteiger charge is 2.30. The second-order valence-electron chi connectivity index (χ2n) is 8.83. The van der Waals surface area contributed by atoms with Gasteiger partial charge in [-0.1, -0.05) is 18.2 Å². The number of hydrogen-bond donors (Lipinski definition) is 0. The number of aliphatic imine (C=N–C) groups is 1. The van der Waals surface area contributed by atoms with Crippen molar-refractivity contribution < 1.29 is 31.8 Å². The van der Waals surface area contributed by atoms with E-state index in [1.165, 1.54) is 12.1 Å². The first-order valence-electron chi connectivity index (χ1n) is 12.3. The van der Waals surface area contributed by atoms with E-state index in [-0.39, 0.29) is 6.61 Å². The molecule has 0 saturated heterocycles. The minimum atomic E-state index is -4.39. The van der Waals surface area contributed by atoms with Gasteiger partial charge in [0.1, 0.15) is 35.2 Å². The molecule has 0 aliphatic rings. The summed E-state index contributed by atoms with van der Waals surface area (Å²) in [5.41, 5.74) is 2.15. The zero-order valence-corrected chi connectivity index (χ0v) is 23.0. The third-order valence-corrected chi connectivity index (χ3v) is 6.11. The molecule has 0 fully saturated rings. The van der Waals surface area contributed by atoms with Gasteiger partial charge in [-0.2, -0.15) is 13.2 Å². The van der Waals surface area contributed by atoms with Crippen molar-refractivity contribution in [1.82, 2.24) is 9.66 Å². The van der Waals surface area contributed by atoms with Gasteiger partial charge in [-0.15, -0.1) is 5.10 Å². The van der Waals surface area contributed by atoms with Crippen LogP contribution < -0.4 is 9.47 Å². The zero-order valence-electron chi connectivity index (χ0n) is 23.0. The number of fused-ring (bicyclic) bond motifs is 1. The lowest BCUT2D eigenvalue weighted by molar-refractivity contribution is -0.137. The molecular formula is C29H29F3N4O4. The minimum absolute atomic E-state index is 0.107. The molecule has 0 radical (unpaired) electrons. The van der Waals surface area contributed by atoms with Gasteiger partial charge in [-0.25, -0.2) is 9.66 Å². The fraction of sp³-hybridized carbons (Fsp3) is 0.276. The summed E-state index contributed by atoms with van der Waals surface area (Å²) in [6.45, 7) is 7.21. The molecule has 210 valence electrons. The third-order valence-electron chi connectivity index (χ3n) is 6.11. The maximum Gasteiger partial charge on any atom is 0.416 e. The van der Waals surface area contributed by atoms with Gasteiger partial charge >= 0.3 is 6.18 Å². The molecule has 0 N–H and O–H groups in total. The van der Waals surface area contributed by atoms with Crippen molar-refractivity contribution in [1.29, 1.82) is 0 Å². The van der Waals surface area contributed by atoms with Crippen LogP contribution in [0.5, 0.6) is 11.5 Å². The topological polar surface area (TPSA) is 83.4 Å². The highest BCUT2D eigenvalue weighted by molar-refractivity contribution is 5.99. The SMILES string of the molecule is C/C=C(/COc1cc(OC)cc2oc(-c3cn(/N=C(\C)OC)c(C)n3)cc12)N=C(C)c1ccc(C(F)(F)F)cc1. The lowest BCUT2D eigenvalue weighted by atomic mass is 10.1. The van der Waals surface area contributed by atoms with E-state index in [4.69, 9.17) is 18.6 Å². The molecule has 0 bridgehead atoms. The van der Waals surface area contributed by atoms with Crippen LogP contribution in [0.15, 0.2) is 74.9 Å². The lowest BCUT2D eigenvalue weighted by Crippen LogP contribution is -2.06. The molecular weight excluding hydrogens is 525 g/mol. The molecule has 2 aromatic heterocycles. The van der Waals surface area contributed by atoms with Crippen molar-refractivity contribution in [3.05, 3.63) is 77.4 Å². The smallest absolute Gasteiger partial charge is 0.416 e. The van der Waals surface area contributed by atoms with Crippen molar-refractivity contribution in [2.45, 2.75) is 33.9 Å². The first kappa shape index (κ1) is 28.5. The fourth-order valence-corrected chi connectivity index (χ4v) is 3.83. The van der Waals surface area contributed by atoms with Crippen molar-refractivity contribution in [3.8, 4) is 23.0 Å². The molecule has 0 saturated carbocycles. The van der Waals surface area contributed by atoms with Gasteiger partial charge < -0.3 is 18.6 Å². The monoisotopic (exact) mass is 554 g/mol. The van der Waals surface area contributed by atoms with Gasteiger partial charge in [-0.3, -0.25) is 4.99 Å². The van der Waals surface area contributed by atoms with Crippen LogP contribution in [0, 0.1) is 6.92 Å². The van der Waals surface area contributed by atoms with E-state index in [0.29, 0.717) is 62.6 Å². The van der Waals surface area contributed by atoms with Gasteiger partial charge in [0.25, 0.3) is 0 Å². The Labute approximate surface area is 229 Å². The van der Waals surface area contributed by atoms with E-state index in [2.05, 4.69) is 15.1 Å². The van der Waals surface area contributed by atoms with Crippen LogP contribution in [0.2, 0.25) is 0 Å². The molecule has 0 unspecified atom stereocenters. The van der Waals surface area contributed by atoms with Crippen LogP contribution in [0.3, 0.4) is 0 Å². The Morgan fingerprint density at radius 1 is 1.10 bits per heavy atom. The van der Waals surface area contributed by atoms with Crippen LogP contribution in [-0.2, 0) is 10.9 Å². The Morgan fingerprint density at radius 3 is 2.45 bits per heavy atom. The highest BCUT2D eigenvalue weighted by atomic mass is 19.4. The number of allylic oxidation sites excluding steroid dienone is 1. The molecule has 2 aromatic carbocycles. The maximum absolute atomic E-state index is 12.9. The Kier molecular flexibility index (Phi) is 8.32. The van der Waals surface area contributed by atoms with E-state index in [9.17, 15) is 13.2 Å². The van der Waals surface area contributed by atoms with Gasteiger partial charge in [0.15, 0.2) is 5.76 Å². The van der Waals surface area contributed by atoms with Gasteiger partial charge in [0.2, 0.25) is 5.90 Å². The van der Waals surface area contributed by atoms with Crippen molar-refractivity contribution >= 4 is 22.6 Å². The summed E-state index contributed by atoms with van der Waals surface area (Å²) in [7, 11) is 3.09. The summed E-state index contributed by atoms with van der Waals surface area (Å²) in [6, 6.07) is 10.2. The van der Waals surface area contributed by atoms with Crippen LogP contribution in [-0.4, -0.2) is 42.1 Å². The van der Waals surface area contributed by atoms with E-state index in [1.54, 1.807) is 57.1 Å². The number of nitrogens with zero attached hydrogens (tertiary/aromatic N) is 4. The molecule has 4 aromatic rings. The number of halogens is 3. The van der Waals surface area contributed by atoms with E-state index >= 15 is 0 Å². The average molecular weight is 555 g/mol. The number of methoxy groups -OCH3 is 2. The fourth-order valence-electron chi connectivity index (χ4n) is 3.83. The molecule has 2 heterocycles. The predicted octanol–water partition coefficient (Wildman–Crippen LogP) is 7.25. The van der Waals surface area contributed by atoms with E-state index in [1.807, 2.05) is 19.9 Å². The molecule has 0 aliphatic carbocycles. The first-order valence-corrected chi connectivity index (χ1v) is 12.3. The normalized spacial score (nSPS) is 13.2. The Balaban J connectivity index is 1.59. The largest absolute Gasteiger partial charge is 0.496 e. The molecule has 0 atom stereocenters. The molecule has 8 nitrogen and oxygen atoms in total. The van der Waals surface area contributed by atoms with Gasteiger partial charge in [0, 0.05) is 24.8 Å². The van der Waals surface area contributed by atoms with Gasteiger partial charge in [-0.05, 0) is 44.5 Å². The highest BCUT2D eigenvalue weighted by Crippen LogP contribution is 2.37. The van der Waals surface area contributed by atoms with Crippen LogP contribution in [0.25, 0.3) is 22.4 Å². The zero-order chi connectivity index (χ0) is 29.0. The summed E-state index contributed by atoms with van der Waals surface area (Å²) in [4.78, 5) is 9.12. The Morgan fingerprint density at radius 2 is 1.82 bits per heavy atom. The van der Waals surface area contributed by atoms with Crippen LogP contribution in [0.4, 0.5) is 13.2 Å². The van der Waals surface area contributed by atoms with Crippen molar-refractivity contribution in [2.75, 3.05) is 20.8 Å². The number of furan rings is 1. The minimum Gasteiger partial charge on any atom is -0.496 e. The number of imidazole rings is 1. The summed E-state index contributed by atoms with van der Waals surface area (Å²) < 4.78 is 63.1. The molecule has 4 rings (SSSR count). The molecule has 0 spiro atoms. The second kappa shape index (κ2) is 11.7. The first-order chi connectivity index (χ1) is 19.0. The number of hydrogen-bond acceptors (Lipinski definition) is 7. The summed E-state index contributed by atoms with van der Waals surface area (Å²) in [5, 5.41) is 5.04. The molecule has 40 heavy (non-hydrogen) atoms. The van der Waals surface area contributed by atoms with Gasteiger partial charge in [0.05, 0.1) is 37.1 Å². The summed E-state index contributed by atoms with van der Waals surface area (Å²) in [6.07, 6.45) is -0.871. The van der Waals surface area contributed by atoms with E-state index in [0.717, 1.165) is 12.1 Å². The summed E-state index contributed by atoms with van der Waals surface area (Å²) >= 11 is 0. The number of rotatable bonds is 8. The Bertz CT molecular complexity index is 1600. The number of benzene rings is 2. The standard InChI is InChI=1S/C29H29F3N4O4/c1-7-22(33-17(2)20-8-10-21(11-9-20)29(30,31)32)16-39-26-12-23(38-6)13-27-24(26)14-28(40-27)25-15-36(18(3)34-25)35-19(4)37-5/h7-15H,16H2,1-6H3/b22-7-,33-17?,35-19+.